The van der Waals surface area contributed by atoms with Crippen LogP contribution in [-0.2, 0) is 9.59 Å². The van der Waals surface area contributed by atoms with Gasteiger partial charge < -0.3 is 16.4 Å². The molecule has 0 aliphatic heterocycles. The van der Waals surface area contributed by atoms with Gasteiger partial charge >= 0.3 is 0 Å². The summed E-state index contributed by atoms with van der Waals surface area (Å²) in [5, 5.41) is 5.62. The maximum atomic E-state index is 12.1. The number of carbonyl (C=O) groups is 2. The summed E-state index contributed by atoms with van der Waals surface area (Å²) in [5.41, 5.74) is 8.19. The van der Waals surface area contributed by atoms with E-state index in [1.165, 1.54) is 0 Å². The molecular weight excluding hydrogens is 266 g/mol. The van der Waals surface area contributed by atoms with E-state index < -0.39 is 6.04 Å². The van der Waals surface area contributed by atoms with Gasteiger partial charge in [0.15, 0.2) is 0 Å². The first-order chi connectivity index (χ1) is 9.88. The number of anilines is 2. The van der Waals surface area contributed by atoms with Crippen molar-refractivity contribution in [1.29, 1.82) is 0 Å². The van der Waals surface area contributed by atoms with Crippen molar-refractivity contribution in [3.05, 3.63) is 23.8 Å². The fourth-order valence-corrected chi connectivity index (χ4v) is 1.81. The van der Waals surface area contributed by atoms with E-state index >= 15 is 0 Å². The van der Waals surface area contributed by atoms with Crippen LogP contribution < -0.4 is 16.4 Å². The van der Waals surface area contributed by atoms with E-state index in [2.05, 4.69) is 10.6 Å². The highest BCUT2D eigenvalue weighted by molar-refractivity contribution is 5.97. The topological polar surface area (TPSA) is 84.2 Å². The minimum absolute atomic E-state index is 0.0626. The Bertz CT molecular complexity index is 514. The Kier molecular flexibility index (Phi) is 6.37. The molecule has 5 nitrogen and oxygen atoms in total. The lowest BCUT2D eigenvalue weighted by Gasteiger charge is -2.19. The van der Waals surface area contributed by atoms with Crippen molar-refractivity contribution < 1.29 is 9.59 Å². The van der Waals surface area contributed by atoms with E-state index in [4.69, 9.17) is 5.73 Å². The Balaban J connectivity index is 2.85. The SMILES string of the molecule is CCC(=O)Nc1ccc(C)c(NC(=O)[C@@H](N)C(C)CC)c1. The van der Waals surface area contributed by atoms with Crippen LogP contribution in [0.5, 0.6) is 0 Å². The molecule has 0 saturated heterocycles. The number of nitrogens with two attached hydrogens (primary N) is 1. The Labute approximate surface area is 126 Å². The second-order valence-corrected chi connectivity index (χ2v) is 5.33. The van der Waals surface area contributed by atoms with E-state index in [0.29, 0.717) is 17.8 Å². The lowest BCUT2D eigenvalue weighted by Crippen LogP contribution is -2.40. The maximum absolute atomic E-state index is 12.1. The zero-order chi connectivity index (χ0) is 16.0. The van der Waals surface area contributed by atoms with Crippen molar-refractivity contribution in [3.8, 4) is 0 Å². The first kappa shape index (κ1) is 17.2. The van der Waals surface area contributed by atoms with Crippen molar-refractivity contribution in [3.63, 3.8) is 0 Å². The Morgan fingerprint density at radius 3 is 2.48 bits per heavy atom. The Morgan fingerprint density at radius 1 is 1.24 bits per heavy atom. The molecule has 2 atom stereocenters. The minimum Gasteiger partial charge on any atom is -0.326 e. The molecule has 1 unspecified atom stereocenters. The molecule has 2 amide bonds. The highest BCUT2D eigenvalue weighted by atomic mass is 16.2. The summed E-state index contributed by atoms with van der Waals surface area (Å²) in [5.74, 6) is -0.146. The summed E-state index contributed by atoms with van der Waals surface area (Å²) in [6.45, 7) is 7.64. The molecule has 0 aliphatic rings. The summed E-state index contributed by atoms with van der Waals surface area (Å²) in [6, 6.07) is 4.88. The van der Waals surface area contributed by atoms with Gasteiger partial charge in [0.1, 0.15) is 0 Å². The molecule has 4 N–H and O–H groups in total. The second kappa shape index (κ2) is 7.78. The van der Waals surface area contributed by atoms with Crippen LogP contribution in [0.25, 0.3) is 0 Å². The lowest BCUT2D eigenvalue weighted by molar-refractivity contribution is -0.118. The van der Waals surface area contributed by atoms with Gasteiger partial charge in [-0.25, -0.2) is 0 Å². The van der Waals surface area contributed by atoms with Crippen LogP contribution in [0.2, 0.25) is 0 Å². The summed E-state index contributed by atoms with van der Waals surface area (Å²) in [6.07, 6.45) is 1.26. The molecule has 0 spiro atoms. The van der Waals surface area contributed by atoms with Crippen LogP contribution in [0, 0.1) is 12.8 Å². The fourth-order valence-electron chi connectivity index (χ4n) is 1.81. The molecule has 1 aromatic rings. The predicted molar refractivity (Wildman–Crippen MR) is 86.2 cm³/mol. The van der Waals surface area contributed by atoms with Gasteiger partial charge in [-0.15, -0.1) is 0 Å². The second-order valence-electron chi connectivity index (χ2n) is 5.33. The quantitative estimate of drug-likeness (QED) is 0.753. The third kappa shape index (κ3) is 4.86. The number of rotatable bonds is 6. The van der Waals surface area contributed by atoms with Crippen molar-refractivity contribution in [2.75, 3.05) is 10.6 Å². The normalized spacial score (nSPS) is 13.4. The monoisotopic (exact) mass is 291 g/mol. The maximum Gasteiger partial charge on any atom is 0.241 e. The standard InChI is InChI=1S/C16H25N3O2/c1-5-10(3)15(17)16(21)19-13-9-12(8-7-11(13)4)18-14(20)6-2/h7-10,15H,5-6,17H2,1-4H3,(H,18,20)(H,19,21)/t10?,15-/m0/s1. The third-order valence-electron chi connectivity index (χ3n) is 3.66. The van der Waals surface area contributed by atoms with Gasteiger partial charge in [-0.05, 0) is 30.5 Å². The highest BCUT2D eigenvalue weighted by Gasteiger charge is 2.20. The van der Waals surface area contributed by atoms with E-state index in [0.717, 1.165) is 12.0 Å². The van der Waals surface area contributed by atoms with E-state index in [1.54, 1.807) is 13.0 Å². The van der Waals surface area contributed by atoms with E-state index in [-0.39, 0.29) is 17.7 Å². The van der Waals surface area contributed by atoms with Crippen LogP contribution in [0.15, 0.2) is 18.2 Å². The zero-order valence-electron chi connectivity index (χ0n) is 13.2. The molecule has 0 radical (unpaired) electrons. The minimum atomic E-state index is -0.539. The van der Waals surface area contributed by atoms with E-state index in [9.17, 15) is 9.59 Å². The van der Waals surface area contributed by atoms with Crippen LogP contribution >= 0.6 is 0 Å². The Morgan fingerprint density at radius 2 is 1.90 bits per heavy atom. The van der Waals surface area contributed by atoms with Gasteiger partial charge in [-0.2, -0.15) is 0 Å². The first-order valence-corrected chi connectivity index (χ1v) is 7.35. The fraction of sp³-hybridized carbons (Fsp3) is 0.500. The average molecular weight is 291 g/mol. The van der Waals surface area contributed by atoms with Crippen LogP contribution in [0.4, 0.5) is 11.4 Å². The molecule has 0 aliphatic carbocycles. The lowest BCUT2D eigenvalue weighted by atomic mass is 9.99. The highest BCUT2D eigenvalue weighted by Crippen LogP contribution is 2.21. The number of benzene rings is 1. The smallest absolute Gasteiger partial charge is 0.241 e. The molecule has 21 heavy (non-hydrogen) atoms. The summed E-state index contributed by atoms with van der Waals surface area (Å²) in [4.78, 5) is 23.5. The number of aryl methyl sites for hydroxylation is 1. The van der Waals surface area contributed by atoms with Gasteiger partial charge in [-0.3, -0.25) is 9.59 Å². The predicted octanol–water partition coefficient (Wildman–Crippen LogP) is 2.66. The van der Waals surface area contributed by atoms with Crippen molar-refractivity contribution in [2.45, 2.75) is 46.6 Å². The molecule has 5 heteroatoms. The molecule has 1 aromatic carbocycles. The van der Waals surface area contributed by atoms with Crippen molar-refractivity contribution in [1.82, 2.24) is 0 Å². The Hall–Kier alpha value is -1.88. The first-order valence-electron chi connectivity index (χ1n) is 7.35. The van der Waals surface area contributed by atoms with Gasteiger partial charge in [-0.1, -0.05) is 33.3 Å². The number of hydrogen-bond donors (Lipinski definition) is 3. The van der Waals surface area contributed by atoms with Crippen molar-refractivity contribution in [2.24, 2.45) is 11.7 Å². The summed E-state index contributed by atoms with van der Waals surface area (Å²) >= 11 is 0. The number of carbonyl (C=O) groups excluding carboxylic acids is 2. The molecular formula is C16H25N3O2. The molecule has 1 rings (SSSR count). The van der Waals surface area contributed by atoms with E-state index in [1.807, 2.05) is 32.9 Å². The molecule has 0 aromatic heterocycles. The number of amides is 2. The molecule has 0 bridgehead atoms. The zero-order valence-corrected chi connectivity index (χ0v) is 13.2. The van der Waals surface area contributed by atoms with Crippen LogP contribution in [0.1, 0.15) is 39.2 Å². The van der Waals surface area contributed by atoms with Gasteiger partial charge in [0, 0.05) is 17.8 Å². The number of hydrogen-bond acceptors (Lipinski definition) is 3. The summed E-state index contributed by atoms with van der Waals surface area (Å²) in [7, 11) is 0. The summed E-state index contributed by atoms with van der Waals surface area (Å²) < 4.78 is 0. The van der Waals surface area contributed by atoms with Crippen LogP contribution in [0.3, 0.4) is 0 Å². The average Bonchev–Trinajstić information content (AvgIpc) is 2.48. The molecule has 0 fully saturated rings. The molecule has 0 saturated carbocycles. The van der Waals surface area contributed by atoms with Crippen molar-refractivity contribution >= 4 is 23.2 Å². The van der Waals surface area contributed by atoms with Gasteiger partial charge in [0.2, 0.25) is 11.8 Å². The van der Waals surface area contributed by atoms with Crippen LogP contribution in [-0.4, -0.2) is 17.9 Å². The number of nitrogens with one attached hydrogen (secondary N) is 2. The van der Waals surface area contributed by atoms with Gasteiger partial charge in [0.05, 0.1) is 6.04 Å². The molecule has 0 heterocycles. The molecule has 116 valence electrons. The largest absolute Gasteiger partial charge is 0.326 e. The van der Waals surface area contributed by atoms with Gasteiger partial charge in [0.25, 0.3) is 0 Å². The third-order valence-corrected chi connectivity index (χ3v) is 3.66.